The van der Waals surface area contributed by atoms with Crippen LogP contribution in [0.2, 0.25) is 0 Å². The van der Waals surface area contributed by atoms with Crippen molar-refractivity contribution in [2.75, 3.05) is 32.1 Å². The smallest absolute Gasteiger partial charge is 0.261 e. The Hall–Kier alpha value is -2.47. The molecule has 184 valence electrons. The first-order valence-electron chi connectivity index (χ1n) is 10.9. The molecule has 0 saturated carbocycles. The molecule has 1 atom stereocenters. The summed E-state index contributed by atoms with van der Waals surface area (Å²) in [5.74, 6) is 0.544. The first-order chi connectivity index (χ1) is 15.8. The number of nitrogens with zero attached hydrogens (tertiary/aromatic N) is 3. The Morgan fingerprint density at radius 3 is 2.47 bits per heavy atom. The van der Waals surface area contributed by atoms with E-state index in [1.807, 2.05) is 13.0 Å². The van der Waals surface area contributed by atoms with Gasteiger partial charge in [0.05, 0.1) is 23.9 Å². The van der Waals surface area contributed by atoms with E-state index in [-0.39, 0.29) is 17.4 Å². The number of rotatable bonds is 6. The zero-order valence-electron chi connectivity index (χ0n) is 19.7. The number of piperazine rings is 1. The predicted octanol–water partition coefficient (Wildman–Crippen LogP) is 1.81. The van der Waals surface area contributed by atoms with E-state index in [0.29, 0.717) is 54.0 Å². The minimum Gasteiger partial charge on any atom is -0.459 e. The van der Waals surface area contributed by atoms with Gasteiger partial charge in [-0.2, -0.15) is 4.31 Å². The van der Waals surface area contributed by atoms with Gasteiger partial charge < -0.3 is 8.98 Å². The fraction of sp³-hybridized carbons (Fsp3) is 0.435. The van der Waals surface area contributed by atoms with Crippen LogP contribution < -0.4 is 5.56 Å². The topological polar surface area (TPSA) is 110 Å². The molecule has 11 heteroatoms. The summed E-state index contributed by atoms with van der Waals surface area (Å²) in [5.41, 5.74) is 2.39. The van der Waals surface area contributed by atoms with Gasteiger partial charge in [-0.05, 0) is 30.2 Å². The summed E-state index contributed by atoms with van der Waals surface area (Å²) in [7, 11) is -4.75. The Morgan fingerprint density at radius 2 is 1.82 bits per heavy atom. The number of hydrogen-bond acceptors (Lipinski definition) is 7. The summed E-state index contributed by atoms with van der Waals surface area (Å²) in [5, 5.41) is 0.450. The molecule has 0 N–H and O–H groups in total. The fourth-order valence-corrected chi connectivity index (χ4v) is 6.10. The minimum absolute atomic E-state index is 0.00772. The van der Waals surface area contributed by atoms with Gasteiger partial charge in [0.25, 0.3) is 5.56 Å². The van der Waals surface area contributed by atoms with Gasteiger partial charge in [0, 0.05) is 50.7 Å². The molecule has 4 rings (SSSR count). The molecule has 0 spiro atoms. The average Bonchev–Trinajstić information content (AvgIpc) is 3.14. The molecule has 2 aromatic heterocycles. The first-order valence-corrected chi connectivity index (χ1v) is 14.8. The quantitative estimate of drug-likeness (QED) is 0.500. The Balaban J connectivity index is 1.68. The number of hydrogen-bond donors (Lipinski definition) is 0. The molecule has 0 radical (unpaired) electrons. The van der Waals surface area contributed by atoms with E-state index in [1.54, 1.807) is 37.5 Å². The number of sulfone groups is 1. The molecule has 1 saturated heterocycles. The summed E-state index contributed by atoms with van der Waals surface area (Å²) in [4.78, 5) is 15.0. The van der Waals surface area contributed by atoms with Crippen molar-refractivity contribution in [1.29, 1.82) is 0 Å². The van der Waals surface area contributed by atoms with Crippen LogP contribution in [0.25, 0.3) is 22.1 Å². The maximum absolute atomic E-state index is 12.8. The second-order valence-electron chi connectivity index (χ2n) is 9.13. The summed E-state index contributed by atoms with van der Waals surface area (Å²) >= 11 is 0. The van der Waals surface area contributed by atoms with Crippen molar-refractivity contribution in [3.63, 3.8) is 0 Å². The van der Waals surface area contributed by atoms with Crippen LogP contribution >= 0.6 is 0 Å². The Morgan fingerprint density at radius 1 is 1.09 bits per heavy atom. The lowest BCUT2D eigenvalue weighted by Gasteiger charge is -2.38. The normalized spacial score (nSPS) is 18.5. The van der Waals surface area contributed by atoms with Crippen LogP contribution in [0, 0.1) is 0 Å². The van der Waals surface area contributed by atoms with Gasteiger partial charge in [0.2, 0.25) is 10.0 Å². The molecule has 0 amide bonds. The van der Waals surface area contributed by atoms with Crippen molar-refractivity contribution in [2.45, 2.75) is 25.3 Å². The molecular weight excluding hydrogens is 478 g/mol. The number of fused-ring (bicyclic) bond motifs is 1. The lowest BCUT2D eigenvalue weighted by Crippen LogP contribution is -2.52. The van der Waals surface area contributed by atoms with Crippen molar-refractivity contribution < 1.29 is 21.3 Å². The molecule has 3 aromatic rings. The van der Waals surface area contributed by atoms with Gasteiger partial charge in [-0.3, -0.25) is 9.69 Å². The van der Waals surface area contributed by atoms with Crippen molar-refractivity contribution in [3.05, 3.63) is 58.2 Å². The molecule has 1 aromatic carbocycles. The van der Waals surface area contributed by atoms with E-state index in [0.717, 1.165) is 5.56 Å². The summed E-state index contributed by atoms with van der Waals surface area (Å²) in [6.45, 7) is 3.79. The second-order valence-corrected chi connectivity index (χ2v) is 13.2. The molecule has 0 unspecified atom stereocenters. The number of pyridine rings is 1. The highest BCUT2D eigenvalue weighted by Crippen LogP contribution is 2.31. The molecule has 3 heterocycles. The number of sulfonamides is 1. The highest BCUT2D eigenvalue weighted by atomic mass is 32.2. The van der Waals surface area contributed by atoms with Crippen molar-refractivity contribution in [3.8, 4) is 11.1 Å². The lowest BCUT2D eigenvalue weighted by atomic mass is 10.0. The largest absolute Gasteiger partial charge is 0.459 e. The molecule has 1 aliphatic heterocycles. The average molecular weight is 508 g/mol. The van der Waals surface area contributed by atoms with Crippen molar-refractivity contribution in [1.82, 2.24) is 13.8 Å². The van der Waals surface area contributed by atoms with E-state index < -0.39 is 19.9 Å². The Kier molecular flexibility index (Phi) is 6.49. The van der Waals surface area contributed by atoms with E-state index in [9.17, 15) is 21.6 Å². The third-order valence-corrected chi connectivity index (χ3v) is 8.25. The highest BCUT2D eigenvalue weighted by Gasteiger charge is 2.29. The molecule has 1 aliphatic rings. The molecular formula is C23H29N3O6S2. The van der Waals surface area contributed by atoms with E-state index in [1.165, 1.54) is 21.4 Å². The summed E-state index contributed by atoms with van der Waals surface area (Å²) in [6.07, 6.45) is 4.11. The van der Waals surface area contributed by atoms with Crippen LogP contribution in [0.4, 0.5) is 0 Å². The summed E-state index contributed by atoms with van der Waals surface area (Å²) < 4.78 is 56.4. The number of aromatic nitrogens is 1. The third-order valence-electron chi connectivity index (χ3n) is 6.12. The van der Waals surface area contributed by atoms with Gasteiger partial charge in [-0.25, -0.2) is 16.8 Å². The van der Waals surface area contributed by atoms with Crippen LogP contribution in [0.3, 0.4) is 0 Å². The molecule has 0 aliphatic carbocycles. The van der Waals surface area contributed by atoms with Crippen LogP contribution in [0.15, 0.2) is 45.7 Å². The predicted molar refractivity (Wildman–Crippen MR) is 132 cm³/mol. The van der Waals surface area contributed by atoms with Crippen LogP contribution in [0.1, 0.15) is 18.2 Å². The van der Waals surface area contributed by atoms with E-state index >= 15 is 0 Å². The lowest BCUT2D eigenvalue weighted by molar-refractivity contribution is 0.115. The van der Waals surface area contributed by atoms with E-state index in [2.05, 4.69) is 4.90 Å². The van der Waals surface area contributed by atoms with E-state index in [4.69, 9.17) is 4.42 Å². The number of furan rings is 1. The Bertz CT molecular complexity index is 1510. The van der Waals surface area contributed by atoms with Gasteiger partial charge in [0.15, 0.2) is 9.84 Å². The SMILES string of the molecule is C[C@@H]1CN(S(C)(=O)=O)CCN1Cc1cc2c(=O)n(C)cc(-c3cccc(CS(C)(=O)=O)c3)c2o1. The van der Waals surface area contributed by atoms with Crippen molar-refractivity contribution >= 4 is 30.8 Å². The minimum atomic E-state index is -3.24. The number of aryl methyl sites for hydroxylation is 1. The highest BCUT2D eigenvalue weighted by molar-refractivity contribution is 7.89. The molecule has 34 heavy (non-hydrogen) atoms. The Labute approximate surface area is 199 Å². The fourth-order valence-electron chi connectivity index (χ4n) is 4.41. The second kappa shape index (κ2) is 8.95. The standard InChI is InChI=1S/C23H29N3O6S2/c1-16-12-26(34(4,30)31)9-8-25(16)13-19-11-20-22(32-19)21(14-24(2)23(20)27)18-7-5-6-17(10-18)15-33(3,28)29/h5-7,10-11,14,16H,8-9,12-13,15H2,1-4H3/t16-/m1/s1. The van der Waals surface area contributed by atoms with Gasteiger partial charge in [0.1, 0.15) is 11.3 Å². The zero-order chi connectivity index (χ0) is 24.8. The molecule has 1 fully saturated rings. The van der Waals surface area contributed by atoms with Crippen LogP contribution in [-0.2, 0) is 39.2 Å². The zero-order valence-corrected chi connectivity index (χ0v) is 21.3. The molecule has 0 bridgehead atoms. The number of benzene rings is 1. The maximum Gasteiger partial charge on any atom is 0.261 e. The molecule has 9 nitrogen and oxygen atoms in total. The van der Waals surface area contributed by atoms with Crippen molar-refractivity contribution in [2.24, 2.45) is 7.05 Å². The monoisotopic (exact) mass is 507 g/mol. The third kappa shape index (κ3) is 5.27. The van der Waals surface area contributed by atoms with Gasteiger partial charge >= 0.3 is 0 Å². The van der Waals surface area contributed by atoms with Crippen LogP contribution in [-0.4, -0.2) is 68.8 Å². The summed E-state index contributed by atoms with van der Waals surface area (Å²) in [6, 6.07) is 8.95. The van der Waals surface area contributed by atoms with Gasteiger partial charge in [-0.1, -0.05) is 18.2 Å². The van der Waals surface area contributed by atoms with Gasteiger partial charge in [-0.15, -0.1) is 0 Å². The maximum atomic E-state index is 12.8. The van der Waals surface area contributed by atoms with Crippen LogP contribution in [0.5, 0.6) is 0 Å². The first kappa shape index (κ1) is 24.6.